The molecule has 0 amide bonds. The Morgan fingerprint density at radius 1 is 1.42 bits per heavy atom. The summed E-state index contributed by atoms with van der Waals surface area (Å²) in [6, 6.07) is 4.44. The average molecular weight is 271 g/mol. The number of nitro benzene ring substituents is 1. The van der Waals surface area contributed by atoms with Gasteiger partial charge in [-0.25, -0.2) is 0 Å². The van der Waals surface area contributed by atoms with E-state index < -0.39 is 4.92 Å². The molecule has 1 aromatic rings. The first-order valence-corrected chi connectivity index (χ1v) is 6.11. The number of aliphatic hydroxyl groups excluding tert-OH is 1. The van der Waals surface area contributed by atoms with Gasteiger partial charge in [0, 0.05) is 18.3 Å². The summed E-state index contributed by atoms with van der Waals surface area (Å²) in [6.45, 7) is 5.00. The molecule has 0 saturated carbocycles. The predicted molar refractivity (Wildman–Crippen MR) is 75.3 cm³/mol. The Hall–Kier alpha value is -1.86. The van der Waals surface area contributed by atoms with Crippen LogP contribution in [0, 0.1) is 10.1 Å². The summed E-state index contributed by atoms with van der Waals surface area (Å²) < 4.78 is 5.02. The highest BCUT2D eigenvalue weighted by Crippen LogP contribution is 2.26. The molecule has 1 rings (SSSR count). The van der Waals surface area contributed by atoms with Gasteiger partial charge in [0.15, 0.2) is 0 Å². The monoisotopic (exact) mass is 271 g/mol. The molecular weight excluding hydrogens is 250 g/mol. The van der Waals surface area contributed by atoms with Gasteiger partial charge in [-0.1, -0.05) is 13.8 Å². The fourth-order valence-electron chi connectivity index (χ4n) is 1.27. The molecule has 0 aromatic heterocycles. The number of anilines is 2. The van der Waals surface area contributed by atoms with Crippen molar-refractivity contribution >= 4 is 17.1 Å². The van der Waals surface area contributed by atoms with E-state index in [0.29, 0.717) is 24.5 Å². The van der Waals surface area contributed by atoms with Crippen molar-refractivity contribution in [2.24, 2.45) is 0 Å². The fraction of sp³-hybridized carbons (Fsp3) is 0.500. The average Bonchev–Trinajstić information content (AvgIpc) is 2.42. The molecule has 4 N–H and O–H groups in total. The van der Waals surface area contributed by atoms with E-state index in [1.807, 2.05) is 13.8 Å². The molecule has 0 bridgehead atoms. The molecule has 1 aromatic carbocycles. The highest BCUT2D eigenvalue weighted by Gasteiger charge is 2.13. The zero-order valence-electron chi connectivity index (χ0n) is 11.3. The summed E-state index contributed by atoms with van der Waals surface area (Å²) in [7, 11) is 0. The van der Waals surface area contributed by atoms with Crippen molar-refractivity contribution in [2.75, 3.05) is 37.4 Å². The van der Waals surface area contributed by atoms with Crippen LogP contribution < -0.4 is 11.1 Å². The van der Waals surface area contributed by atoms with E-state index in [4.69, 9.17) is 15.6 Å². The Morgan fingerprint density at radius 3 is 2.68 bits per heavy atom. The molecule has 0 radical (unpaired) electrons. The lowest BCUT2D eigenvalue weighted by Crippen LogP contribution is -2.12. The van der Waals surface area contributed by atoms with Crippen LogP contribution in [0.4, 0.5) is 17.1 Å². The number of aliphatic hydroxyl groups is 1. The first-order valence-electron chi connectivity index (χ1n) is 6.11. The van der Waals surface area contributed by atoms with Gasteiger partial charge in [-0.15, -0.1) is 0 Å². The predicted octanol–water partition coefficient (Wildman–Crippen LogP) is 1.62. The van der Waals surface area contributed by atoms with E-state index in [0.717, 1.165) is 0 Å². The summed E-state index contributed by atoms with van der Waals surface area (Å²) >= 11 is 0. The number of ether oxygens (including phenoxy) is 1. The lowest BCUT2D eigenvalue weighted by Gasteiger charge is -2.07. The number of nitrogens with two attached hydrogens (primary N) is 1. The SMILES string of the molecule is CC.Nc1ccc(NCCOCCO)c([N+](=O)[O-])c1. The standard InChI is InChI=1S/C10H15N3O4.C2H6/c11-8-1-2-9(10(7-8)13(15)16)12-3-5-17-6-4-14;1-2/h1-2,7,12,14H,3-6,11H2;1-2H3. The van der Waals surface area contributed by atoms with Crippen molar-refractivity contribution in [3.8, 4) is 0 Å². The summed E-state index contributed by atoms with van der Waals surface area (Å²) in [6.07, 6.45) is 0. The minimum absolute atomic E-state index is 0.0397. The quantitative estimate of drug-likeness (QED) is 0.301. The molecule has 0 spiro atoms. The third-order valence-electron chi connectivity index (χ3n) is 2.02. The maximum absolute atomic E-state index is 10.8. The third-order valence-corrected chi connectivity index (χ3v) is 2.02. The Labute approximate surface area is 112 Å². The Balaban J connectivity index is 0.00000154. The van der Waals surface area contributed by atoms with Crippen molar-refractivity contribution in [2.45, 2.75) is 13.8 Å². The van der Waals surface area contributed by atoms with Gasteiger partial charge in [0.05, 0.1) is 24.7 Å². The van der Waals surface area contributed by atoms with Crippen LogP contribution in [0.15, 0.2) is 18.2 Å². The molecule has 7 nitrogen and oxygen atoms in total. The summed E-state index contributed by atoms with van der Waals surface area (Å²) in [5.41, 5.74) is 6.16. The van der Waals surface area contributed by atoms with E-state index in [9.17, 15) is 10.1 Å². The number of nitro groups is 1. The molecule has 7 heteroatoms. The maximum Gasteiger partial charge on any atom is 0.294 e. The molecule has 0 aliphatic carbocycles. The summed E-state index contributed by atoms with van der Waals surface area (Å²) in [5.74, 6) is 0. The van der Waals surface area contributed by atoms with Crippen molar-refractivity contribution in [1.82, 2.24) is 0 Å². The molecule has 0 atom stereocenters. The smallest absolute Gasteiger partial charge is 0.294 e. The lowest BCUT2D eigenvalue weighted by molar-refractivity contribution is -0.383. The van der Waals surface area contributed by atoms with Crippen LogP contribution in [0.2, 0.25) is 0 Å². The van der Waals surface area contributed by atoms with Crippen molar-refractivity contribution in [3.63, 3.8) is 0 Å². The topological polar surface area (TPSA) is 111 Å². The number of nitrogens with one attached hydrogen (secondary N) is 1. The van der Waals surface area contributed by atoms with E-state index in [-0.39, 0.29) is 18.9 Å². The molecule has 0 unspecified atom stereocenters. The number of hydrogen-bond donors (Lipinski definition) is 3. The highest BCUT2D eigenvalue weighted by molar-refractivity contribution is 5.66. The Morgan fingerprint density at radius 2 is 2.11 bits per heavy atom. The molecule has 108 valence electrons. The van der Waals surface area contributed by atoms with Gasteiger partial charge in [0.2, 0.25) is 0 Å². The van der Waals surface area contributed by atoms with Gasteiger partial charge >= 0.3 is 0 Å². The third kappa shape index (κ3) is 6.58. The van der Waals surface area contributed by atoms with E-state index in [2.05, 4.69) is 5.32 Å². The largest absolute Gasteiger partial charge is 0.399 e. The molecule has 0 heterocycles. The number of nitrogens with zero attached hydrogens (tertiary/aromatic N) is 1. The van der Waals surface area contributed by atoms with Crippen LogP contribution >= 0.6 is 0 Å². The van der Waals surface area contributed by atoms with Crippen LogP contribution in [0.5, 0.6) is 0 Å². The zero-order valence-corrected chi connectivity index (χ0v) is 11.3. The van der Waals surface area contributed by atoms with Crippen LogP contribution in [0.3, 0.4) is 0 Å². The van der Waals surface area contributed by atoms with Crippen LogP contribution in [-0.4, -0.2) is 36.4 Å². The van der Waals surface area contributed by atoms with Gasteiger partial charge in [-0.05, 0) is 12.1 Å². The van der Waals surface area contributed by atoms with Gasteiger partial charge < -0.3 is 20.9 Å². The second-order valence-corrected chi connectivity index (χ2v) is 3.30. The number of hydrogen-bond acceptors (Lipinski definition) is 6. The van der Waals surface area contributed by atoms with Crippen LogP contribution in [0.1, 0.15) is 13.8 Å². The van der Waals surface area contributed by atoms with Crippen molar-refractivity contribution in [1.29, 1.82) is 0 Å². The molecule has 0 aliphatic rings. The Bertz CT molecular complexity index is 385. The van der Waals surface area contributed by atoms with E-state index in [1.165, 1.54) is 6.07 Å². The zero-order chi connectivity index (χ0) is 14.7. The van der Waals surface area contributed by atoms with E-state index in [1.54, 1.807) is 12.1 Å². The van der Waals surface area contributed by atoms with Gasteiger partial charge in [-0.3, -0.25) is 10.1 Å². The second-order valence-electron chi connectivity index (χ2n) is 3.30. The molecular formula is C12H21N3O4. The summed E-state index contributed by atoms with van der Waals surface area (Å²) in [4.78, 5) is 10.3. The van der Waals surface area contributed by atoms with Crippen molar-refractivity contribution < 1.29 is 14.8 Å². The maximum atomic E-state index is 10.8. The minimum Gasteiger partial charge on any atom is -0.399 e. The minimum atomic E-state index is -0.493. The highest BCUT2D eigenvalue weighted by atomic mass is 16.6. The molecule has 0 aliphatic heterocycles. The number of benzene rings is 1. The van der Waals surface area contributed by atoms with Gasteiger partial charge in [0.25, 0.3) is 5.69 Å². The molecule has 0 saturated heterocycles. The molecule has 19 heavy (non-hydrogen) atoms. The Kier molecular flexibility index (Phi) is 9.11. The first kappa shape index (κ1) is 17.1. The van der Waals surface area contributed by atoms with Gasteiger partial charge in [0.1, 0.15) is 5.69 Å². The number of nitrogen functional groups attached to an aromatic ring is 1. The van der Waals surface area contributed by atoms with E-state index >= 15 is 0 Å². The lowest BCUT2D eigenvalue weighted by atomic mass is 10.2. The normalized spacial score (nSPS) is 9.42. The number of rotatable bonds is 7. The van der Waals surface area contributed by atoms with Crippen LogP contribution in [-0.2, 0) is 4.74 Å². The summed E-state index contributed by atoms with van der Waals surface area (Å²) in [5, 5.41) is 22.1. The molecule has 0 fully saturated rings. The van der Waals surface area contributed by atoms with Gasteiger partial charge in [-0.2, -0.15) is 0 Å². The van der Waals surface area contributed by atoms with Crippen LogP contribution in [0.25, 0.3) is 0 Å². The van der Waals surface area contributed by atoms with Crippen molar-refractivity contribution in [3.05, 3.63) is 28.3 Å². The fourth-order valence-corrected chi connectivity index (χ4v) is 1.27. The first-order chi connectivity index (χ1) is 9.15. The second kappa shape index (κ2) is 10.1.